The Morgan fingerprint density at radius 3 is 2.68 bits per heavy atom. The molecule has 7 nitrogen and oxygen atoms in total. The number of hydrogen-bond donors (Lipinski definition) is 1. The summed E-state index contributed by atoms with van der Waals surface area (Å²) in [5.74, 6) is -0.997. The summed E-state index contributed by atoms with van der Waals surface area (Å²) in [4.78, 5) is 40.7. The molecule has 1 saturated carbocycles. The molecule has 1 amide bonds. The number of ether oxygens (including phenoxy) is 1. The second kappa shape index (κ2) is 9.14. The quantitative estimate of drug-likeness (QED) is 0.567. The first-order valence-electron chi connectivity index (χ1n) is 9.52. The second-order valence-electron chi connectivity index (χ2n) is 7.07. The first-order chi connectivity index (χ1) is 13.5. The van der Waals surface area contributed by atoms with Crippen LogP contribution in [0.3, 0.4) is 0 Å². The minimum Gasteiger partial charge on any atom is -0.456 e. The number of Topliss-reactive ketones (excluding diaryl/α,β-unsaturated/α-hetero) is 1. The van der Waals surface area contributed by atoms with Gasteiger partial charge < -0.3 is 10.1 Å². The molecule has 1 aliphatic carbocycles. The number of aromatic nitrogens is 2. The number of esters is 1. The van der Waals surface area contributed by atoms with Gasteiger partial charge in [0, 0.05) is 34.4 Å². The third-order valence-electron chi connectivity index (χ3n) is 5.09. The van der Waals surface area contributed by atoms with Gasteiger partial charge in [0.25, 0.3) is 0 Å². The molecule has 2 aromatic rings. The molecule has 0 spiro atoms. The zero-order valence-electron chi connectivity index (χ0n) is 16.2. The van der Waals surface area contributed by atoms with E-state index in [4.69, 9.17) is 4.74 Å². The van der Waals surface area contributed by atoms with Gasteiger partial charge in [0.05, 0.1) is 0 Å². The summed E-state index contributed by atoms with van der Waals surface area (Å²) in [6.07, 6.45) is 6.72. The molecule has 0 aromatic carbocycles. The number of amides is 1. The molecule has 3 rings (SSSR count). The van der Waals surface area contributed by atoms with Gasteiger partial charge >= 0.3 is 5.97 Å². The number of thiazole rings is 1. The van der Waals surface area contributed by atoms with E-state index in [1.54, 1.807) is 12.3 Å². The van der Waals surface area contributed by atoms with Crippen molar-refractivity contribution in [3.05, 3.63) is 34.6 Å². The predicted molar refractivity (Wildman–Crippen MR) is 106 cm³/mol. The van der Waals surface area contributed by atoms with E-state index < -0.39 is 5.97 Å². The van der Waals surface area contributed by atoms with Crippen LogP contribution in [0.2, 0.25) is 0 Å². The van der Waals surface area contributed by atoms with Crippen LogP contribution in [0.5, 0.6) is 0 Å². The lowest BCUT2D eigenvalue weighted by molar-refractivity contribution is -0.143. The highest BCUT2D eigenvalue weighted by molar-refractivity contribution is 7.12. The van der Waals surface area contributed by atoms with Crippen molar-refractivity contribution in [2.24, 2.45) is 5.92 Å². The van der Waals surface area contributed by atoms with E-state index in [9.17, 15) is 14.4 Å². The largest absolute Gasteiger partial charge is 0.456 e. The molecule has 0 saturated heterocycles. The lowest BCUT2D eigenvalue weighted by Gasteiger charge is -2.20. The van der Waals surface area contributed by atoms with Crippen molar-refractivity contribution in [2.45, 2.75) is 46.0 Å². The molecule has 28 heavy (non-hydrogen) atoms. The van der Waals surface area contributed by atoms with Crippen LogP contribution in [0.25, 0.3) is 5.13 Å². The summed E-state index contributed by atoms with van der Waals surface area (Å²) < 4.78 is 6.97. The van der Waals surface area contributed by atoms with Gasteiger partial charge in [-0.1, -0.05) is 19.3 Å². The SMILES string of the molecule is Cc1cc(C(=O)COC(=O)CNC(=O)C2CCCCC2)c(C)n1-c1nccs1. The van der Waals surface area contributed by atoms with Gasteiger partial charge in [-0.15, -0.1) is 11.3 Å². The van der Waals surface area contributed by atoms with Crippen LogP contribution in [0, 0.1) is 19.8 Å². The van der Waals surface area contributed by atoms with E-state index in [1.807, 2.05) is 23.8 Å². The first kappa shape index (κ1) is 20.3. The number of nitrogens with zero attached hydrogens (tertiary/aromatic N) is 2. The van der Waals surface area contributed by atoms with Gasteiger partial charge in [0.15, 0.2) is 11.7 Å². The Morgan fingerprint density at radius 2 is 2.00 bits per heavy atom. The molecular formula is C20H25N3O4S. The van der Waals surface area contributed by atoms with Crippen LogP contribution in [0.1, 0.15) is 53.8 Å². The Bertz CT molecular complexity index is 851. The zero-order chi connectivity index (χ0) is 20.1. The third-order valence-corrected chi connectivity index (χ3v) is 5.85. The van der Waals surface area contributed by atoms with E-state index >= 15 is 0 Å². The summed E-state index contributed by atoms with van der Waals surface area (Å²) in [5.41, 5.74) is 2.16. The van der Waals surface area contributed by atoms with Crippen molar-refractivity contribution in [1.29, 1.82) is 0 Å². The van der Waals surface area contributed by atoms with E-state index in [-0.39, 0.29) is 30.8 Å². The fourth-order valence-electron chi connectivity index (χ4n) is 3.61. The smallest absolute Gasteiger partial charge is 0.325 e. The van der Waals surface area contributed by atoms with Crippen LogP contribution >= 0.6 is 11.3 Å². The molecule has 0 bridgehead atoms. The molecule has 0 unspecified atom stereocenters. The molecule has 1 aliphatic rings. The fourth-order valence-corrected chi connectivity index (χ4v) is 4.36. The van der Waals surface area contributed by atoms with Gasteiger partial charge in [-0.05, 0) is 32.8 Å². The highest BCUT2D eigenvalue weighted by Gasteiger charge is 2.22. The molecule has 0 radical (unpaired) electrons. The second-order valence-corrected chi connectivity index (χ2v) is 7.94. The number of nitrogens with one attached hydrogen (secondary N) is 1. The predicted octanol–water partition coefficient (Wildman–Crippen LogP) is 2.97. The Kier molecular flexibility index (Phi) is 6.61. The van der Waals surface area contributed by atoms with Crippen LogP contribution in [0.4, 0.5) is 0 Å². The summed E-state index contributed by atoms with van der Waals surface area (Å²) >= 11 is 1.48. The number of carbonyl (C=O) groups excluding carboxylic acids is 3. The minimum absolute atomic E-state index is 0.0144. The van der Waals surface area contributed by atoms with Crippen molar-refractivity contribution in [3.63, 3.8) is 0 Å². The summed E-state index contributed by atoms with van der Waals surface area (Å²) in [6.45, 7) is 3.19. The number of aryl methyl sites for hydroxylation is 1. The lowest BCUT2D eigenvalue weighted by Crippen LogP contribution is -2.36. The average Bonchev–Trinajstić information content (AvgIpc) is 3.32. The third kappa shape index (κ3) is 4.67. The molecule has 2 aromatic heterocycles. The van der Waals surface area contributed by atoms with Gasteiger partial charge in [-0.25, -0.2) is 4.98 Å². The Balaban J connectivity index is 1.51. The topological polar surface area (TPSA) is 90.3 Å². The Hall–Kier alpha value is -2.48. The maximum absolute atomic E-state index is 12.5. The minimum atomic E-state index is -0.605. The molecule has 1 N–H and O–H groups in total. The van der Waals surface area contributed by atoms with Crippen LogP contribution in [-0.2, 0) is 14.3 Å². The average molecular weight is 404 g/mol. The van der Waals surface area contributed by atoms with Crippen molar-refractivity contribution in [1.82, 2.24) is 14.9 Å². The summed E-state index contributed by atoms with van der Waals surface area (Å²) in [5, 5.41) is 5.29. The highest BCUT2D eigenvalue weighted by Crippen LogP contribution is 2.24. The van der Waals surface area contributed by atoms with Crippen molar-refractivity contribution in [3.8, 4) is 5.13 Å². The van der Waals surface area contributed by atoms with Gasteiger partial charge in [0.1, 0.15) is 6.54 Å². The van der Waals surface area contributed by atoms with Crippen molar-refractivity contribution in [2.75, 3.05) is 13.2 Å². The fraction of sp³-hybridized carbons (Fsp3) is 0.500. The highest BCUT2D eigenvalue weighted by atomic mass is 32.1. The van der Waals surface area contributed by atoms with Crippen LogP contribution in [0.15, 0.2) is 17.6 Å². The van der Waals surface area contributed by atoms with Crippen LogP contribution < -0.4 is 5.32 Å². The number of hydrogen-bond acceptors (Lipinski definition) is 6. The monoisotopic (exact) mass is 403 g/mol. The van der Waals surface area contributed by atoms with Gasteiger partial charge in [-0.3, -0.25) is 19.0 Å². The van der Waals surface area contributed by atoms with E-state index in [0.29, 0.717) is 5.56 Å². The molecule has 8 heteroatoms. The molecule has 0 atom stereocenters. The Morgan fingerprint density at radius 1 is 1.25 bits per heavy atom. The van der Waals surface area contributed by atoms with Crippen molar-refractivity contribution >= 4 is 29.0 Å². The lowest BCUT2D eigenvalue weighted by atomic mass is 9.89. The van der Waals surface area contributed by atoms with Gasteiger partial charge in [-0.2, -0.15) is 0 Å². The van der Waals surface area contributed by atoms with E-state index in [1.165, 1.54) is 11.3 Å². The maximum atomic E-state index is 12.5. The maximum Gasteiger partial charge on any atom is 0.325 e. The molecule has 0 aliphatic heterocycles. The number of carbonyl (C=O) groups is 3. The number of rotatable bonds is 7. The molecule has 1 fully saturated rings. The van der Waals surface area contributed by atoms with E-state index in [2.05, 4.69) is 10.3 Å². The standard InChI is InChI=1S/C20H25N3O4S/c1-13-10-16(14(2)23(13)20-21-8-9-28-20)17(24)12-27-18(25)11-22-19(26)15-6-4-3-5-7-15/h8-10,15H,3-7,11-12H2,1-2H3,(H,22,26). The zero-order valence-corrected chi connectivity index (χ0v) is 17.0. The normalized spacial score (nSPS) is 14.6. The van der Waals surface area contributed by atoms with Gasteiger partial charge in [0.2, 0.25) is 11.7 Å². The Labute approximate surface area is 168 Å². The van der Waals surface area contributed by atoms with E-state index in [0.717, 1.165) is 48.6 Å². The van der Waals surface area contributed by atoms with Crippen LogP contribution in [-0.4, -0.2) is 40.4 Å². The molecule has 2 heterocycles. The number of ketones is 1. The summed E-state index contributed by atoms with van der Waals surface area (Å²) in [7, 11) is 0. The molecule has 150 valence electrons. The van der Waals surface area contributed by atoms with Crippen molar-refractivity contribution < 1.29 is 19.1 Å². The summed E-state index contributed by atoms with van der Waals surface area (Å²) in [6, 6.07) is 1.78. The first-order valence-corrected chi connectivity index (χ1v) is 10.4. The molecular weight excluding hydrogens is 378 g/mol.